The molecule has 0 amide bonds. The van der Waals surface area contributed by atoms with Gasteiger partial charge in [-0.25, -0.2) is 0 Å². The molecular formula is C8H4Cl2N4Se4. The van der Waals surface area contributed by atoms with E-state index in [1.54, 1.807) is 0 Å². The molecule has 0 radical (unpaired) electrons. The Morgan fingerprint density at radius 1 is 0.778 bits per heavy atom. The molecule has 94 valence electrons. The van der Waals surface area contributed by atoms with Crippen molar-refractivity contribution in [1.29, 1.82) is 0 Å². The molecule has 0 aliphatic carbocycles. The number of nitrogens with zero attached hydrogens (tertiary/aromatic N) is 4. The van der Waals surface area contributed by atoms with Crippen molar-refractivity contribution >= 4 is 80.5 Å². The summed E-state index contributed by atoms with van der Waals surface area (Å²) in [7, 11) is 9.49. The normalized spacial score (nSPS) is 26.3. The molecule has 0 spiro atoms. The van der Waals surface area contributed by atoms with Crippen LogP contribution in [-0.4, -0.2) is 60.3 Å². The molecule has 2 aliphatic rings. The van der Waals surface area contributed by atoms with Gasteiger partial charge in [-0.2, -0.15) is 0 Å². The van der Waals surface area contributed by atoms with E-state index in [0.29, 0.717) is 0 Å². The fourth-order valence-electron chi connectivity index (χ4n) is 1.31. The van der Waals surface area contributed by atoms with Gasteiger partial charge in [-0.3, -0.25) is 0 Å². The molecule has 18 heavy (non-hydrogen) atoms. The summed E-state index contributed by atoms with van der Waals surface area (Å²) in [5.74, 6) is 1.61. The van der Waals surface area contributed by atoms with Crippen molar-refractivity contribution in [3.8, 4) is 0 Å². The van der Waals surface area contributed by atoms with Crippen LogP contribution in [0.4, 0.5) is 0 Å². The molecular weight excluding hydrogens is 539 g/mol. The van der Waals surface area contributed by atoms with Gasteiger partial charge in [0.2, 0.25) is 0 Å². The first-order chi connectivity index (χ1) is 8.72. The Morgan fingerprint density at radius 2 is 1.17 bits per heavy atom. The topological polar surface area (TPSA) is 49.4 Å². The van der Waals surface area contributed by atoms with Crippen molar-refractivity contribution in [1.82, 2.24) is 0 Å². The molecule has 0 bridgehead atoms. The first-order valence-electron chi connectivity index (χ1n) is 4.59. The second kappa shape index (κ2) is 6.07. The maximum absolute atomic E-state index is 6.04. The molecule has 0 fully saturated rings. The average Bonchev–Trinajstić information content (AvgIpc) is 2.98. The van der Waals surface area contributed by atoms with Crippen LogP contribution < -0.4 is 0 Å². The van der Waals surface area contributed by atoms with Crippen molar-refractivity contribution in [2.24, 2.45) is 15.9 Å². The van der Waals surface area contributed by atoms with Crippen LogP contribution in [0.1, 0.15) is 11.1 Å². The van der Waals surface area contributed by atoms with Crippen molar-refractivity contribution in [2.45, 2.75) is 0 Å². The van der Waals surface area contributed by atoms with Crippen LogP contribution in [-0.2, 0) is 0 Å². The minimum atomic E-state index is -1.29. The molecule has 4 nitrogen and oxygen atoms in total. The monoisotopic (exact) mass is 546 g/mol. The number of benzene rings is 1. The van der Waals surface area contributed by atoms with E-state index < -0.39 is 21.9 Å². The zero-order valence-electron chi connectivity index (χ0n) is 8.49. The molecule has 0 saturated carbocycles. The zero-order chi connectivity index (χ0) is 12.5. The van der Waals surface area contributed by atoms with Gasteiger partial charge >= 0.3 is 132 Å². The van der Waals surface area contributed by atoms with E-state index in [9.17, 15) is 0 Å². The second-order valence-corrected chi connectivity index (χ2v) is 24.5. The Bertz CT molecular complexity index is 567. The Labute approximate surface area is 130 Å². The molecule has 0 N–H and O–H groups in total. The van der Waals surface area contributed by atoms with Crippen molar-refractivity contribution in [2.75, 3.05) is 0 Å². The Kier molecular flexibility index (Phi) is 4.65. The molecule has 2 unspecified atom stereocenters. The van der Waals surface area contributed by atoms with Gasteiger partial charge in [-0.15, -0.1) is 0 Å². The minimum absolute atomic E-state index is 0.153. The molecule has 2 heterocycles. The van der Waals surface area contributed by atoms with Crippen LogP contribution in [0.2, 0.25) is 0 Å². The van der Waals surface area contributed by atoms with E-state index in [1.165, 1.54) is 0 Å². The van der Waals surface area contributed by atoms with Gasteiger partial charge in [0.15, 0.2) is 0 Å². The van der Waals surface area contributed by atoms with Gasteiger partial charge in [0.05, 0.1) is 0 Å². The summed E-state index contributed by atoms with van der Waals surface area (Å²) in [6.07, 6.45) is 0. The van der Waals surface area contributed by atoms with E-state index in [0.717, 1.165) is 22.8 Å². The van der Waals surface area contributed by atoms with Crippen LogP contribution in [0.3, 0.4) is 0 Å². The van der Waals surface area contributed by atoms with Gasteiger partial charge < -0.3 is 0 Å². The van der Waals surface area contributed by atoms with Gasteiger partial charge in [0.1, 0.15) is 0 Å². The summed E-state index contributed by atoms with van der Waals surface area (Å²) < 4.78 is 17.6. The third-order valence-corrected chi connectivity index (χ3v) is 14.7. The maximum atomic E-state index is 6.04. The van der Waals surface area contributed by atoms with Crippen LogP contribution in [0, 0.1) is 0 Å². The van der Waals surface area contributed by atoms with Crippen LogP contribution >= 0.6 is 20.2 Å². The van der Waals surface area contributed by atoms with Gasteiger partial charge in [0.25, 0.3) is 0 Å². The van der Waals surface area contributed by atoms with Gasteiger partial charge in [-0.05, 0) is 0 Å². The number of halogens is 2. The number of amidine groups is 2. The summed E-state index contributed by atoms with van der Waals surface area (Å²) in [6.45, 7) is 0. The number of hydrogen-bond acceptors (Lipinski definition) is 4. The molecule has 3 rings (SSSR count). The average molecular weight is 543 g/mol. The molecule has 2 atom stereocenters. The standard InChI is InChI=1S/C8H4Cl2N4Se4/c9-17-13-7(11-15-17)5-1-2-6(4-3-5)8-12-16-18(10)14-8/h1-4H. The van der Waals surface area contributed by atoms with Gasteiger partial charge in [0, 0.05) is 0 Å². The second-order valence-electron chi connectivity index (χ2n) is 3.15. The first kappa shape index (κ1) is 13.8. The van der Waals surface area contributed by atoms with Crippen molar-refractivity contribution in [3.63, 3.8) is 0 Å². The van der Waals surface area contributed by atoms with E-state index in [-0.39, 0.29) is 26.7 Å². The fraction of sp³-hybridized carbons (Fsp3) is 0. The summed E-state index contributed by atoms with van der Waals surface area (Å²) >= 11 is 0.305. The molecule has 2 aliphatic heterocycles. The summed E-state index contributed by atoms with van der Waals surface area (Å²) in [5.41, 5.74) is 2.05. The molecule has 0 aromatic heterocycles. The van der Waals surface area contributed by atoms with Crippen molar-refractivity contribution < 1.29 is 0 Å². The SMILES string of the molecule is Cl[Se]1=NC(c2ccc(C3=N[Se][Se](Cl)=N3)cc2)=N[Se]1. The van der Waals surface area contributed by atoms with E-state index in [4.69, 9.17) is 20.2 Å². The van der Waals surface area contributed by atoms with Crippen LogP contribution in [0.15, 0.2) is 40.2 Å². The van der Waals surface area contributed by atoms with Crippen LogP contribution in [0.25, 0.3) is 0 Å². The predicted octanol–water partition coefficient (Wildman–Crippen LogP) is 1.43. The molecule has 1 aromatic carbocycles. The van der Waals surface area contributed by atoms with Crippen molar-refractivity contribution in [3.05, 3.63) is 35.4 Å². The summed E-state index contributed by atoms with van der Waals surface area (Å²) in [4.78, 5) is 0. The summed E-state index contributed by atoms with van der Waals surface area (Å²) in [6, 6.07) is 8.01. The Balaban J connectivity index is 1.86. The Morgan fingerprint density at radius 3 is 1.44 bits per heavy atom. The quantitative estimate of drug-likeness (QED) is 0.508. The number of rotatable bonds is 2. The fourth-order valence-corrected chi connectivity index (χ4v) is 11.7. The molecule has 10 heteroatoms. The van der Waals surface area contributed by atoms with E-state index in [1.807, 2.05) is 24.3 Å². The zero-order valence-corrected chi connectivity index (χ0v) is 16.9. The molecule has 0 saturated heterocycles. The Hall–Kier alpha value is 0.818. The molecule has 1 aromatic rings. The predicted molar refractivity (Wildman–Crippen MR) is 79.1 cm³/mol. The number of hydrogen-bond donors (Lipinski definition) is 0. The van der Waals surface area contributed by atoms with Gasteiger partial charge in [-0.1, -0.05) is 0 Å². The summed E-state index contributed by atoms with van der Waals surface area (Å²) in [5, 5.41) is 0. The van der Waals surface area contributed by atoms with Crippen LogP contribution in [0.5, 0.6) is 0 Å². The van der Waals surface area contributed by atoms with E-state index >= 15 is 0 Å². The first-order valence-corrected chi connectivity index (χ1v) is 20.8. The third-order valence-electron chi connectivity index (χ3n) is 2.09. The van der Waals surface area contributed by atoms with E-state index in [2.05, 4.69) is 15.9 Å². The third kappa shape index (κ3) is 3.10.